The molecule has 0 aromatic heterocycles. The predicted octanol–water partition coefficient (Wildman–Crippen LogP) is 2.02. The molecule has 1 unspecified atom stereocenters. The molecule has 8 heteroatoms. The maximum absolute atomic E-state index is 13.6. The molecular formula is C22H36N4O3S. The summed E-state index contributed by atoms with van der Waals surface area (Å²) in [6.07, 6.45) is 3.82. The minimum absolute atomic E-state index is 0.0000528. The zero-order valence-corrected chi connectivity index (χ0v) is 19.6. The number of hydrogen-bond acceptors (Lipinski definition) is 5. The van der Waals surface area contributed by atoms with E-state index >= 15 is 0 Å². The van der Waals surface area contributed by atoms with E-state index in [9.17, 15) is 13.2 Å². The second-order valence-corrected chi connectivity index (χ2v) is 10.6. The second kappa shape index (κ2) is 9.77. The SMILES string of the molecule is CCN1CCCC1CN(CCN(C)C)S(=O)(=O)c1ccc2c(c1)CCCN2C(C)=O. The highest BCUT2D eigenvalue weighted by Crippen LogP contribution is 2.31. The lowest BCUT2D eigenvalue weighted by molar-refractivity contribution is -0.116. The number of carbonyl (C=O) groups is 1. The van der Waals surface area contributed by atoms with Gasteiger partial charge in [0.2, 0.25) is 15.9 Å². The van der Waals surface area contributed by atoms with Gasteiger partial charge in [0.1, 0.15) is 0 Å². The van der Waals surface area contributed by atoms with E-state index < -0.39 is 10.0 Å². The smallest absolute Gasteiger partial charge is 0.243 e. The summed E-state index contributed by atoms with van der Waals surface area (Å²) in [4.78, 5) is 18.4. The minimum Gasteiger partial charge on any atom is -0.312 e. The number of anilines is 1. The lowest BCUT2D eigenvalue weighted by Crippen LogP contribution is -2.45. The maximum atomic E-state index is 13.6. The number of aryl methyl sites for hydroxylation is 1. The van der Waals surface area contributed by atoms with E-state index in [4.69, 9.17) is 0 Å². The van der Waals surface area contributed by atoms with Gasteiger partial charge in [-0.3, -0.25) is 9.69 Å². The Bertz CT molecular complexity index is 856. The number of benzene rings is 1. The average molecular weight is 437 g/mol. The third-order valence-electron chi connectivity index (χ3n) is 6.30. The molecule has 0 bridgehead atoms. The van der Waals surface area contributed by atoms with Crippen molar-refractivity contribution in [2.75, 3.05) is 58.3 Å². The molecule has 0 aliphatic carbocycles. The van der Waals surface area contributed by atoms with E-state index in [1.54, 1.807) is 34.3 Å². The summed E-state index contributed by atoms with van der Waals surface area (Å²) in [7, 11) is 0.322. The van der Waals surface area contributed by atoms with Gasteiger partial charge in [-0.25, -0.2) is 8.42 Å². The summed E-state index contributed by atoms with van der Waals surface area (Å²) in [5.74, 6) is 0.0000528. The van der Waals surface area contributed by atoms with Crippen LogP contribution in [0.4, 0.5) is 5.69 Å². The van der Waals surface area contributed by atoms with Crippen LogP contribution in [-0.4, -0.2) is 87.8 Å². The molecular weight excluding hydrogens is 400 g/mol. The van der Waals surface area contributed by atoms with E-state index in [0.29, 0.717) is 31.1 Å². The van der Waals surface area contributed by atoms with E-state index in [2.05, 4.69) is 11.8 Å². The van der Waals surface area contributed by atoms with Gasteiger partial charge in [-0.15, -0.1) is 0 Å². The van der Waals surface area contributed by atoms with Crippen molar-refractivity contribution in [2.45, 2.75) is 50.5 Å². The van der Waals surface area contributed by atoms with Crippen molar-refractivity contribution >= 4 is 21.6 Å². The fourth-order valence-corrected chi connectivity index (χ4v) is 6.10. The van der Waals surface area contributed by atoms with E-state index in [0.717, 1.165) is 50.0 Å². The van der Waals surface area contributed by atoms with Crippen molar-refractivity contribution in [1.29, 1.82) is 0 Å². The molecule has 2 aliphatic rings. The summed E-state index contributed by atoms with van der Waals surface area (Å²) in [6.45, 7) is 8.07. The van der Waals surface area contributed by atoms with E-state index in [1.165, 1.54) is 0 Å². The number of fused-ring (bicyclic) bond motifs is 1. The average Bonchev–Trinajstić information content (AvgIpc) is 3.17. The van der Waals surface area contributed by atoms with Crippen molar-refractivity contribution in [3.63, 3.8) is 0 Å². The summed E-state index contributed by atoms with van der Waals surface area (Å²) in [5.41, 5.74) is 1.79. The van der Waals surface area contributed by atoms with E-state index in [-0.39, 0.29) is 11.9 Å². The van der Waals surface area contributed by atoms with Crippen LogP contribution in [-0.2, 0) is 21.2 Å². The number of likely N-dealkylation sites (N-methyl/N-ethyl adjacent to an activating group) is 2. The number of sulfonamides is 1. The van der Waals surface area contributed by atoms with Gasteiger partial charge in [-0.2, -0.15) is 4.31 Å². The molecule has 168 valence electrons. The second-order valence-electron chi connectivity index (χ2n) is 8.66. The third-order valence-corrected chi connectivity index (χ3v) is 8.16. The first-order chi connectivity index (χ1) is 14.2. The van der Waals surface area contributed by atoms with Crippen LogP contribution in [0.5, 0.6) is 0 Å². The van der Waals surface area contributed by atoms with Crippen LogP contribution in [0.3, 0.4) is 0 Å². The number of likely N-dealkylation sites (tertiary alicyclic amines) is 1. The van der Waals surface area contributed by atoms with Gasteiger partial charge in [0, 0.05) is 44.8 Å². The van der Waals surface area contributed by atoms with Crippen molar-refractivity contribution in [3.05, 3.63) is 23.8 Å². The van der Waals surface area contributed by atoms with Crippen molar-refractivity contribution in [3.8, 4) is 0 Å². The van der Waals surface area contributed by atoms with Crippen molar-refractivity contribution < 1.29 is 13.2 Å². The van der Waals surface area contributed by atoms with Crippen LogP contribution in [0.2, 0.25) is 0 Å². The molecule has 1 amide bonds. The lowest BCUT2D eigenvalue weighted by atomic mass is 10.0. The standard InChI is InChI=1S/C22H36N4O3S/c1-5-24-12-7-9-20(24)17-25(15-14-23(3)4)30(28,29)21-10-11-22-19(16-21)8-6-13-26(22)18(2)27/h10-11,16,20H,5-9,12-15,17H2,1-4H3. The molecule has 7 nitrogen and oxygen atoms in total. The number of hydrogen-bond donors (Lipinski definition) is 0. The summed E-state index contributed by atoms with van der Waals surface area (Å²) in [5, 5.41) is 0. The quantitative estimate of drug-likeness (QED) is 0.624. The molecule has 1 atom stereocenters. The van der Waals surface area contributed by atoms with Gasteiger partial charge >= 0.3 is 0 Å². The Balaban J connectivity index is 1.89. The number of rotatable bonds is 8. The normalized spacial score (nSPS) is 20.2. The molecule has 30 heavy (non-hydrogen) atoms. The first kappa shape index (κ1) is 23.2. The monoisotopic (exact) mass is 436 g/mol. The zero-order valence-electron chi connectivity index (χ0n) is 18.8. The Labute approximate surface area is 181 Å². The highest BCUT2D eigenvalue weighted by molar-refractivity contribution is 7.89. The highest BCUT2D eigenvalue weighted by Gasteiger charge is 2.32. The summed E-state index contributed by atoms with van der Waals surface area (Å²) >= 11 is 0. The van der Waals surface area contributed by atoms with Gasteiger partial charge < -0.3 is 9.80 Å². The molecule has 0 N–H and O–H groups in total. The number of carbonyl (C=O) groups excluding carboxylic acids is 1. The Kier molecular flexibility index (Phi) is 7.55. The molecule has 3 rings (SSSR count). The van der Waals surface area contributed by atoms with Crippen LogP contribution < -0.4 is 4.90 Å². The molecule has 0 saturated carbocycles. The molecule has 1 aromatic carbocycles. The third kappa shape index (κ3) is 5.04. The molecule has 2 heterocycles. The van der Waals surface area contributed by atoms with Crippen LogP contribution in [0.1, 0.15) is 38.7 Å². The predicted molar refractivity (Wildman–Crippen MR) is 120 cm³/mol. The van der Waals surface area contributed by atoms with Gasteiger partial charge in [0.05, 0.1) is 4.90 Å². The Morgan fingerprint density at radius 1 is 1.17 bits per heavy atom. The van der Waals surface area contributed by atoms with Crippen molar-refractivity contribution in [2.24, 2.45) is 0 Å². The Morgan fingerprint density at radius 3 is 2.60 bits per heavy atom. The topological polar surface area (TPSA) is 64.2 Å². The van der Waals surface area contributed by atoms with Crippen LogP contribution in [0.15, 0.2) is 23.1 Å². The van der Waals surface area contributed by atoms with Crippen LogP contribution >= 0.6 is 0 Å². The Hall–Kier alpha value is -1.48. The van der Waals surface area contributed by atoms with Crippen molar-refractivity contribution in [1.82, 2.24) is 14.1 Å². The first-order valence-electron chi connectivity index (χ1n) is 11.0. The Morgan fingerprint density at radius 2 is 1.93 bits per heavy atom. The van der Waals surface area contributed by atoms with Crippen LogP contribution in [0, 0.1) is 0 Å². The molecule has 0 spiro atoms. The molecule has 0 radical (unpaired) electrons. The van der Waals surface area contributed by atoms with Gasteiger partial charge in [-0.1, -0.05) is 6.92 Å². The van der Waals surface area contributed by atoms with Crippen LogP contribution in [0.25, 0.3) is 0 Å². The number of nitrogens with zero attached hydrogens (tertiary/aromatic N) is 4. The fourth-order valence-electron chi connectivity index (χ4n) is 4.58. The first-order valence-corrected chi connectivity index (χ1v) is 12.5. The molecule has 1 fully saturated rings. The highest BCUT2D eigenvalue weighted by atomic mass is 32.2. The van der Waals surface area contributed by atoms with Gasteiger partial charge in [0.15, 0.2) is 0 Å². The molecule has 2 aliphatic heterocycles. The largest absolute Gasteiger partial charge is 0.312 e. The van der Waals surface area contributed by atoms with Gasteiger partial charge in [0.25, 0.3) is 0 Å². The van der Waals surface area contributed by atoms with E-state index in [1.807, 2.05) is 19.0 Å². The maximum Gasteiger partial charge on any atom is 0.243 e. The minimum atomic E-state index is -3.61. The molecule has 1 aromatic rings. The van der Waals surface area contributed by atoms with Gasteiger partial charge in [-0.05, 0) is 76.6 Å². The zero-order chi connectivity index (χ0) is 21.9. The lowest BCUT2D eigenvalue weighted by Gasteiger charge is -2.32. The molecule has 1 saturated heterocycles. The fraction of sp³-hybridized carbons (Fsp3) is 0.682. The summed E-state index contributed by atoms with van der Waals surface area (Å²) < 4.78 is 28.9. The number of amides is 1. The summed E-state index contributed by atoms with van der Waals surface area (Å²) in [6, 6.07) is 5.54.